The predicted molar refractivity (Wildman–Crippen MR) is 179 cm³/mol. The Kier molecular flexibility index (Phi) is 9.65. The number of benzene rings is 1. The maximum atomic E-state index is 14.1. The number of hydrogen-bond donors (Lipinski definition) is 3. The summed E-state index contributed by atoms with van der Waals surface area (Å²) in [6.07, 6.45) is 11.6. The summed E-state index contributed by atoms with van der Waals surface area (Å²) in [6, 6.07) is 10.2. The fourth-order valence-corrected chi connectivity index (χ4v) is 6.30. The molecule has 4 heterocycles. The van der Waals surface area contributed by atoms with E-state index in [1.807, 2.05) is 26.0 Å². The topological polar surface area (TPSA) is 131 Å². The third-order valence-electron chi connectivity index (χ3n) is 8.45. The summed E-state index contributed by atoms with van der Waals surface area (Å²) in [5, 5.41) is 17.4. The van der Waals surface area contributed by atoms with E-state index >= 15 is 0 Å². The van der Waals surface area contributed by atoms with Crippen LogP contribution in [0.5, 0.6) is 0 Å². The van der Waals surface area contributed by atoms with Crippen molar-refractivity contribution in [1.29, 1.82) is 0 Å². The van der Waals surface area contributed by atoms with E-state index in [4.69, 9.17) is 16.3 Å². The molecule has 2 aliphatic rings. The first-order chi connectivity index (χ1) is 22.6. The predicted octanol–water partition coefficient (Wildman–Crippen LogP) is 6.13. The largest absolute Gasteiger partial charge is 0.458 e. The first-order valence-electron chi connectivity index (χ1n) is 15.7. The van der Waals surface area contributed by atoms with Crippen molar-refractivity contribution in [3.05, 3.63) is 99.6 Å². The van der Waals surface area contributed by atoms with Crippen molar-refractivity contribution in [3.63, 3.8) is 0 Å². The van der Waals surface area contributed by atoms with E-state index in [1.54, 1.807) is 53.6 Å². The van der Waals surface area contributed by atoms with Gasteiger partial charge < -0.3 is 20.5 Å². The molecule has 0 unspecified atom stereocenters. The molecule has 0 radical (unpaired) electrons. The highest BCUT2D eigenvalue weighted by Gasteiger charge is 2.27. The molecule has 1 aromatic carbocycles. The summed E-state index contributed by atoms with van der Waals surface area (Å²) in [6.45, 7) is 3.87. The zero-order valence-corrected chi connectivity index (χ0v) is 26.8. The first-order valence-corrected chi connectivity index (χ1v) is 16.1. The van der Waals surface area contributed by atoms with Crippen molar-refractivity contribution in [2.45, 2.75) is 76.2 Å². The normalized spacial score (nSPS) is 21.3. The van der Waals surface area contributed by atoms with Crippen LogP contribution in [0.15, 0.2) is 72.1 Å². The van der Waals surface area contributed by atoms with Crippen LogP contribution in [0, 0.1) is 5.82 Å². The Bertz CT molecular complexity index is 1810. The van der Waals surface area contributed by atoms with Crippen molar-refractivity contribution >= 4 is 35.4 Å². The van der Waals surface area contributed by atoms with Gasteiger partial charge in [0.05, 0.1) is 41.8 Å². The molecule has 0 bridgehead atoms. The van der Waals surface area contributed by atoms with E-state index in [-0.39, 0.29) is 42.2 Å². The van der Waals surface area contributed by atoms with Crippen molar-refractivity contribution in [2.75, 3.05) is 10.6 Å². The van der Waals surface area contributed by atoms with Crippen LogP contribution in [0.2, 0.25) is 5.02 Å². The van der Waals surface area contributed by atoms with E-state index in [0.717, 1.165) is 19.3 Å². The van der Waals surface area contributed by atoms with Gasteiger partial charge in [-0.3, -0.25) is 14.2 Å². The number of hydrogen-bond acceptors (Lipinski definition) is 9. The van der Waals surface area contributed by atoms with Gasteiger partial charge in [-0.05, 0) is 66.6 Å². The molecule has 0 amide bonds. The molecular formula is C35H36ClFN6O4. The van der Waals surface area contributed by atoms with Gasteiger partial charge in [0.25, 0.3) is 5.56 Å². The number of carbonyl (C=O) groups excluding carboxylic acids is 1. The van der Waals surface area contributed by atoms with Crippen LogP contribution in [-0.2, 0) is 9.53 Å². The number of halogens is 2. The molecule has 1 saturated heterocycles. The number of carbonyl (C=O) groups is 1. The Balaban J connectivity index is 1.27. The maximum Gasteiger partial charge on any atom is 0.309 e. The summed E-state index contributed by atoms with van der Waals surface area (Å²) in [4.78, 5) is 39.1. The number of aliphatic hydroxyl groups excluding tert-OH is 1. The molecule has 0 spiro atoms. The lowest BCUT2D eigenvalue weighted by Crippen LogP contribution is -2.31. The minimum absolute atomic E-state index is 0.0427. The van der Waals surface area contributed by atoms with Gasteiger partial charge in [0.1, 0.15) is 17.7 Å². The first kappa shape index (κ1) is 32.3. The van der Waals surface area contributed by atoms with Gasteiger partial charge in [0.2, 0.25) is 5.95 Å². The number of esters is 1. The molecule has 4 aromatic rings. The Hall–Kier alpha value is -4.61. The third kappa shape index (κ3) is 7.69. The van der Waals surface area contributed by atoms with Crippen molar-refractivity contribution in [2.24, 2.45) is 0 Å². The molecule has 10 nitrogen and oxygen atoms in total. The average Bonchev–Trinajstić information content (AvgIpc) is 3.48. The number of ether oxygens (including phenoxy) is 1. The summed E-state index contributed by atoms with van der Waals surface area (Å²) >= 11 is 5.89. The van der Waals surface area contributed by atoms with Crippen LogP contribution >= 0.6 is 11.6 Å². The minimum atomic E-state index is -0.791. The summed E-state index contributed by atoms with van der Waals surface area (Å²) in [5.41, 5.74) is 2.95. The molecule has 6 rings (SSSR count). The fourth-order valence-electron chi connectivity index (χ4n) is 6.20. The number of aromatic nitrogens is 4. The number of aliphatic hydroxyl groups is 1. The molecule has 1 aliphatic heterocycles. The van der Waals surface area contributed by atoms with Crippen molar-refractivity contribution in [3.8, 4) is 16.8 Å². The smallest absolute Gasteiger partial charge is 0.309 e. The number of nitrogens with one attached hydrogen (secondary N) is 2. The Morgan fingerprint density at radius 2 is 1.72 bits per heavy atom. The van der Waals surface area contributed by atoms with E-state index in [9.17, 15) is 19.1 Å². The lowest BCUT2D eigenvalue weighted by Gasteiger charge is -2.24. The van der Waals surface area contributed by atoms with E-state index in [1.165, 1.54) is 12.1 Å². The maximum absolute atomic E-state index is 14.1. The van der Waals surface area contributed by atoms with Crippen LogP contribution < -0.4 is 16.2 Å². The number of anilines is 2. The monoisotopic (exact) mass is 658 g/mol. The molecule has 47 heavy (non-hydrogen) atoms. The van der Waals surface area contributed by atoms with E-state index in [0.29, 0.717) is 44.7 Å². The van der Waals surface area contributed by atoms with Gasteiger partial charge in [-0.2, -0.15) is 0 Å². The van der Waals surface area contributed by atoms with E-state index < -0.39 is 18.2 Å². The minimum Gasteiger partial charge on any atom is -0.458 e. The number of nitrogens with zero attached hydrogens (tertiary/aromatic N) is 4. The van der Waals surface area contributed by atoms with Crippen LogP contribution in [0.1, 0.15) is 63.0 Å². The second-order valence-corrected chi connectivity index (χ2v) is 12.7. The second kappa shape index (κ2) is 14.0. The van der Waals surface area contributed by atoms with Crippen molar-refractivity contribution < 1.29 is 19.0 Å². The summed E-state index contributed by atoms with van der Waals surface area (Å²) in [7, 11) is 0. The highest BCUT2D eigenvalue weighted by atomic mass is 35.5. The van der Waals surface area contributed by atoms with Crippen molar-refractivity contribution in [1.82, 2.24) is 19.5 Å². The Morgan fingerprint density at radius 3 is 2.38 bits per heavy atom. The molecule has 244 valence electrons. The molecule has 4 atom stereocenters. The van der Waals surface area contributed by atoms with Crippen LogP contribution in [-0.4, -0.2) is 54.9 Å². The molecule has 1 aliphatic carbocycles. The van der Waals surface area contributed by atoms with Gasteiger partial charge in [-0.1, -0.05) is 43.7 Å². The molecule has 2 fully saturated rings. The Morgan fingerprint density at radius 1 is 1.00 bits per heavy atom. The quantitative estimate of drug-likeness (QED) is 0.182. The highest BCUT2D eigenvalue weighted by Crippen LogP contribution is 2.32. The highest BCUT2D eigenvalue weighted by molar-refractivity contribution is 6.30. The number of rotatable bonds is 9. The zero-order valence-electron chi connectivity index (χ0n) is 26.1. The third-order valence-corrected chi connectivity index (χ3v) is 8.65. The fraction of sp³-hybridized carbons (Fsp3) is 0.343. The van der Waals surface area contributed by atoms with Gasteiger partial charge in [0, 0.05) is 35.8 Å². The SMILES string of the molecule is CC(C)c1c(/C=C/[C@@H]2C[C@H](O)CC(=O)O2)c(-c2ccc(F)cc2)cn(-c2ccc(N[C@H]3CC[C@H](Nc4ncc(Cl)cn4)C3)nc2)c1=O. The second-order valence-electron chi connectivity index (χ2n) is 12.3. The van der Waals surface area contributed by atoms with Gasteiger partial charge >= 0.3 is 5.97 Å². The summed E-state index contributed by atoms with van der Waals surface area (Å²) < 4.78 is 20.9. The van der Waals surface area contributed by atoms with E-state index in [2.05, 4.69) is 25.6 Å². The Labute approximate surface area is 276 Å². The lowest BCUT2D eigenvalue weighted by molar-refractivity contribution is -0.156. The standard InChI is InChI=1S/C35H36ClFN6O4/c1-20(2)33-29(11-10-28-14-27(44)15-32(45)47-28)30(21-3-5-23(37)6-4-21)19-43(34(33)46)26-9-12-31(38-18-26)41-24-7-8-25(13-24)42-35-39-16-22(36)17-40-35/h3-6,9-12,16-20,24-25,27-28,44H,7-8,13-15H2,1-2H3,(H,38,41)(H,39,40,42)/b11-10+/t24-,25-,27-,28+/m0/s1. The summed E-state index contributed by atoms with van der Waals surface area (Å²) in [5.74, 6) is 0.220. The molecular weight excluding hydrogens is 623 g/mol. The van der Waals surface area contributed by atoms with Gasteiger partial charge in [0.15, 0.2) is 0 Å². The molecule has 3 aromatic heterocycles. The molecule has 1 saturated carbocycles. The van der Waals surface area contributed by atoms with Crippen LogP contribution in [0.4, 0.5) is 16.2 Å². The van der Waals surface area contributed by atoms with Crippen LogP contribution in [0.25, 0.3) is 22.9 Å². The average molecular weight is 659 g/mol. The van der Waals surface area contributed by atoms with Gasteiger partial charge in [-0.15, -0.1) is 0 Å². The zero-order chi connectivity index (χ0) is 33.1. The molecule has 12 heteroatoms. The lowest BCUT2D eigenvalue weighted by atomic mass is 9.91. The molecule has 3 N–H and O–H groups in total. The van der Waals surface area contributed by atoms with Crippen LogP contribution in [0.3, 0.4) is 0 Å². The number of pyridine rings is 2. The van der Waals surface area contributed by atoms with Gasteiger partial charge in [-0.25, -0.2) is 19.3 Å². The number of cyclic esters (lactones) is 1.